The molecule has 0 aliphatic carbocycles. The summed E-state index contributed by atoms with van der Waals surface area (Å²) in [5.41, 5.74) is 2.86. The minimum absolute atomic E-state index is 0.117. The number of nitrogens with zero attached hydrogens (tertiary/aromatic N) is 2. The Morgan fingerprint density at radius 2 is 1.79 bits per heavy atom. The number of benzene rings is 2. The summed E-state index contributed by atoms with van der Waals surface area (Å²) in [4.78, 5) is 26.5. The molecule has 6 heteroatoms. The number of rotatable bonds is 4. The Bertz CT molecular complexity index is 1000. The summed E-state index contributed by atoms with van der Waals surface area (Å²) in [6.45, 7) is 1.40. The zero-order valence-electron chi connectivity index (χ0n) is 16.3. The van der Waals surface area contributed by atoms with Crippen LogP contribution in [0.5, 0.6) is 0 Å². The largest absolute Gasteiger partial charge is 0.355 e. The summed E-state index contributed by atoms with van der Waals surface area (Å²) in [6, 6.07) is 19.1. The molecule has 2 amide bonds. The van der Waals surface area contributed by atoms with Crippen molar-refractivity contribution in [1.29, 1.82) is 0 Å². The van der Waals surface area contributed by atoms with Crippen molar-refractivity contribution < 1.29 is 14.1 Å². The van der Waals surface area contributed by atoms with Crippen LogP contribution >= 0.6 is 0 Å². The molecule has 0 atom stereocenters. The molecule has 0 unspecified atom stereocenters. The van der Waals surface area contributed by atoms with Crippen molar-refractivity contribution in [1.82, 2.24) is 15.4 Å². The predicted molar refractivity (Wildman–Crippen MR) is 110 cm³/mol. The predicted octanol–water partition coefficient (Wildman–Crippen LogP) is 3.72. The fourth-order valence-corrected chi connectivity index (χ4v) is 3.77. The summed E-state index contributed by atoms with van der Waals surface area (Å²) in [5, 5.41) is 6.57. The molecule has 0 saturated carbocycles. The van der Waals surface area contributed by atoms with Gasteiger partial charge in [-0.05, 0) is 36.5 Å². The topological polar surface area (TPSA) is 75.4 Å². The van der Waals surface area contributed by atoms with E-state index in [0.717, 1.165) is 12.8 Å². The van der Waals surface area contributed by atoms with Gasteiger partial charge in [0.1, 0.15) is 0 Å². The van der Waals surface area contributed by atoms with E-state index in [1.807, 2.05) is 17.0 Å². The molecule has 1 aliphatic heterocycles. The number of aromatic nitrogens is 1. The number of carbonyl (C=O) groups is 2. The van der Waals surface area contributed by atoms with Crippen LogP contribution in [0.25, 0.3) is 11.3 Å². The fourth-order valence-electron chi connectivity index (χ4n) is 3.77. The van der Waals surface area contributed by atoms with Crippen LogP contribution in [0.1, 0.15) is 45.2 Å². The van der Waals surface area contributed by atoms with Gasteiger partial charge in [-0.2, -0.15) is 0 Å². The first-order chi connectivity index (χ1) is 14.2. The Balaban J connectivity index is 1.44. The lowest BCUT2D eigenvalue weighted by Crippen LogP contribution is -2.38. The van der Waals surface area contributed by atoms with Gasteiger partial charge < -0.3 is 14.7 Å². The zero-order valence-corrected chi connectivity index (χ0v) is 16.3. The Hall–Kier alpha value is -3.41. The van der Waals surface area contributed by atoms with Crippen LogP contribution in [-0.4, -0.2) is 42.0 Å². The van der Waals surface area contributed by atoms with E-state index >= 15 is 0 Å². The molecule has 0 bridgehead atoms. The Morgan fingerprint density at radius 1 is 1.03 bits per heavy atom. The molecular weight excluding hydrogens is 366 g/mol. The number of nitrogens with one attached hydrogen (secondary N) is 1. The molecule has 1 aliphatic rings. The van der Waals surface area contributed by atoms with Crippen LogP contribution in [0.2, 0.25) is 0 Å². The zero-order chi connectivity index (χ0) is 20.2. The number of likely N-dealkylation sites (tertiary alicyclic amines) is 1. The number of hydrogen-bond acceptors (Lipinski definition) is 4. The maximum atomic E-state index is 12.8. The Morgan fingerprint density at radius 3 is 2.52 bits per heavy atom. The second kappa shape index (κ2) is 8.31. The third-order valence-electron chi connectivity index (χ3n) is 5.42. The second-order valence-corrected chi connectivity index (χ2v) is 7.21. The Labute approximate surface area is 169 Å². The van der Waals surface area contributed by atoms with Gasteiger partial charge in [0.15, 0.2) is 11.5 Å². The highest BCUT2D eigenvalue weighted by molar-refractivity contribution is 5.96. The van der Waals surface area contributed by atoms with E-state index in [4.69, 9.17) is 4.52 Å². The molecule has 2 aromatic carbocycles. The first-order valence-electron chi connectivity index (χ1n) is 9.79. The number of hydrogen-bond donors (Lipinski definition) is 1. The highest BCUT2D eigenvalue weighted by Gasteiger charge is 2.26. The number of piperidine rings is 1. The normalized spacial score (nSPS) is 14.6. The molecule has 1 fully saturated rings. The Kier molecular flexibility index (Phi) is 5.42. The minimum Gasteiger partial charge on any atom is -0.355 e. The lowest BCUT2D eigenvalue weighted by molar-refractivity contribution is 0.0702. The third kappa shape index (κ3) is 4.06. The molecule has 1 saturated heterocycles. The van der Waals surface area contributed by atoms with Gasteiger partial charge in [-0.3, -0.25) is 9.59 Å². The van der Waals surface area contributed by atoms with E-state index in [9.17, 15) is 9.59 Å². The lowest BCUT2D eigenvalue weighted by Gasteiger charge is -2.31. The molecule has 29 heavy (non-hydrogen) atoms. The SMILES string of the molecule is CNC(=O)c1cccc(-c2cc(C(=O)N3CCC(c4ccccc4)CC3)no2)c1. The molecule has 3 aromatic rings. The maximum Gasteiger partial charge on any atom is 0.276 e. The monoisotopic (exact) mass is 389 g/mol. The van der Waals surface area contributed by atoms with Crippen molar-refractivity contribution in [3.05, 3.63) is 77.5 Å². The molecule has 0 spiro atoms. The molecule has 6 nitrogen and oxygen atoms in total. The number of amides is 2. The summed E-state index contributed by atoms with van der Waals surface area (Å²) in [6.07, 6.45) is 1.88. The van der Waals surface area contributed by atoms with Gasteiger partial charge >= 0.3 is 0 Å². The molecule has 148 valence electrons. The van der Waals surface area contributed by atoms with Crippen LogP contribution in [0.3, 0.4) is 0 Å². The summed E-state index contributed by atoms with van der Waals surface area (Å²) in [7, 11) is 1.58. The van der Waals surface area contributed by atoms with Crippen molar-refractivity contribution in [2.75, 3.05) is 20.1 Å². The number of carbonyl (C=O) groups excluding carboxylic acids is 2. The minimum atomic E-state index is -0.177. The molecule has 1 aromatic heterocycles. The average molecular weight is 389 g/mol. The van der Waals surface area contributed by atoms with E-state index in [1.54, 1.807) is 31.3 Å². The highest BCUT2D eigenvalue weighted by Crippen LogP contribution is 2.29. The van der Waals surface area contributed by atoms with Crippen molar-refractivity contribution >= 4 is 11.8 Å². The summed E-state index contributed by atoms with van der Waals surface area (Å²) < 4.78 is 5.39. The van der Waals surface area contributed by atoms with Crippen molar-refractivity contribution in [3.63, 3.8) is 0 Å². The first-order valence-corrected chi connectivity index (χ1v) is 9.79. The maximum absolute atomic E-state index is 12.8. The fraction of sp³-hybridized carbons (Fsp3) is 0.261. The van der Waals surface area contributed by atoms with E-state index < -0.39 is 0 Å². The van der Waals surface area contributed by atoms with Gasteiger partial charge in [-0.15, -0.1) is 0 Å². The highest BCUT2D eigenvalue weighted by atomic mass is 16.5. The summed E-state index contributed by atoms with van der Waals surface area (Å²) >= 11 is 0. The smallest absolute Gasteiger partial charge is 0.276 e. The van der Waals surface area contributed by atoms with Gasteiger partial charge in [0, 0.05) is 37.3 Å². The molecule has 1 N–H and O–H groups in total. The summed E-state index contributed by atoms with van der Waals surface area (Å²) in [5.74, 6) is 0.664. The standard InChI is InChI=1S/C23H23N3O3/c1-24-22(27)19-9-5-8-18(14-19)21-15-20(25-29-21)23(28)26-12-10-17(11-13-26)16-6-3-2-4-7-16/h2-9,14-15,17H,10-13H2,1H3,(H,24,27). The van der Waals surface area contributed by atoms with Crippen LogP contribution in [0.15, 0.2) is 65.2 Å². The first kappa shape index (κ1) is 18.9. The van der Waals surface area contributed by atoms with Gasteiger partial charge in [-0.25, -0.2) is 0 Å². The van der Waals surface area contributed by atoms with Crippen LogP contribution in [0.4, 0.5) is 0 Å². The molecule has 2 heterocycles. The van der Waals surface area contributed by atoms with Gasteiger partial charge in [0.05, 0.1) is 0 Å². The van der Waals surface area contributed by atoms with E-state index in [0.29, 0.717) is 41.6 Å². The van der Waals surface area contributed by atoms with Crippen LogP contribution in [-0.2, 0) is 0 Å². The van der Waals surface area contributed by atoms with E-state index in [-0.39, 0.29) is 11.8 Å². The molecule has 0 radical (unpaired) electrons. The van der Waals surface area contributed by atoms with Gasteiger partial charge in [-0.1, -0.05) is 47.6 Å². The molecular formula is C23H23N3O3. The van der Waals surface area contributed by atoms with Crippen LogP contribution < -0.4 is 5.32 Å². The van der Waals surface area contributed by atoms with Gasteiger partial charge in [0.25, 0.3) is 11.8 Å². The average Bonchev–Trinajstić information content (AvgIpc) is 3.29. The van der Waals surface area contributed by atoms with Crippen molar-refractivity contribution in [3.8, 4) is 11.3 Å². The van der Waals surface area contributed by atoms with Crippen molar-refractivity contribution in [2.45, 2.75) is 18.8 Å². The third-order valence-corrected chi connectivity index (χ3v) is 5.42. The lowest BCUT2D eigenvalue weighted by atomic mass is 9.89. The second-order valence-electron chi connectivity index (χ2n) is 7.21. The van der Waals surface area contributed by atoms with Crippen LogP contribution in [0, 0.1) is 0 Å². The molecule has 4 rings (SSSR count). The van der Waals surface area contributed by atoms with E-state index in [1.165, 1.54) is 5.56 Å². The van der Waals surface area contributed by atoms with E-state index in [2.05, 4.69) is 34.7 Å². The quantitative estimate of drug-likeness (QED) is 0.738. The van der Waals surface area contributed by atoms with Crippen molar-refractivity contribution in [2.24, 2.45) is 0 Å². The van der Waals surface area contributed by atoms with Gasteiger partial charge in [0.2, 0.25) is 0 Å².